The van der Waals surface area contributed by atoms with Crippen LogP contribution in [0.25, 0.3) is 0 Å². The first-order valence-corrected chi connectivity index (χ1v) is 5.77. The van der Waals surface area contributed by atoms with Crippen molar-refractivity contribution in [3.63, 3.8) is 0 Å². The molecule has 0 saturated carbocycles. The average Bonchev–Trinajstić information content (AvgIpc) is 3.24. The monoisotopic (exact) mass is 280 g/mol. The molecule has 0 N–H and O–H groups in total. The van der Waals surface area contributed by atoms with Crippen LogP contribution in [-0.4, -0.2) is 41.6 Å². The normalized spacial score (nSPS) is 16.4. The predicted octanol–water partition coefficient (Wildman–Crippen LogP) is 1.09. The molecule has 1 aliphatic heterocycles. The summed E-state index contributed by atoms with van der Waals surface area (Å²) in [5.74, 6) is -0.475. The van der Waals surface area contributed by atoms with Gasteiger partial charge in [-0.05, 0) is 17.7 Å². The number of esters is 1. The zero-order valence-corrected chi connectivity index (χ0v) is 10.6. The van der Waals surface area contributed by atoms with Crippen LogP contribution in [0.4, 0.5) is 10.5 Å². The highest BCUT2D eigenvalue weighted by Crippen LogP contribution is 2.20. The average molecular weight is 280 g/mol. The predicted molar refractivity (Wildman–Crippen MR) is 65.8 cm³/mol. The molecule has 0 aromatic heterocycles. The molecule has 1 fully saturated rings. The van der Waals surface area contributed by atoms with Gasteiger partial charge in [-0.2, -0.15) is 0 Å². The maximum atomic E-state index is 11.6. The number of benzene rings is 1. The van der Waals surface area contributed by atoms with Crippen molar-refractivity contribution in [2.45, 2.75) is 12.6 Å². The van der Waals surface area contributed by atoms with Crippen LogP contribution < -0.4 is 0 Å². The second kappa shape index (κ2) is 5.55. The molecule has 1 saturated heterocycles. The molecule has 8 nitrogen and oxygen atoms in total. The van der Waals surface area contributed by atoms with Crippen molar-refractivity contribution in [1.82, 2.24) is 4.90 Å². The van der Waals surface area contributed by atoms with E-state index in [1.807, 2.05) is 0 Å². The molecule has 106 valence electrons. The van der Waals surface area contributed by atoms with Crippen LogP contribution >= 0.6 is 0 Å². The summed E-state index contributed by atoms with van der Waals surface area (Å²) >= 11 is 0. The van der Waals surface area contributed by atoms with Gasteiger partial charge in [0.15, 0.2) is 6.04 Å². The molecular formula is C12H12N2O6. The molecule has 8 heteroatoms. The van der Waals surface area contributed by atoms with Crippen LogP contribution in [0.1, 0.15) is 5.56 Å². The third kappa shape index (κ3) is 3.02. The summed E-state index contributed by atoms with van der Waals surface area (Å²) in [7, 11) is 1.25. The van der Waals surface area contributed by atoms with Gasteiger partial charge in [0.05, 0.1) is 18.6 Å². The Kier molecular flexibility index (Phi) is 3.83. The first-order valence-electron chi connectivity index (χ1n) is 5.77. The smallest absolute Gasteiger partial charge is 0.411 e. The molecule has 2 rings (SSSR count). The Morgan fingerprint density at radius 2 is 2.05 bits per heavy atom. The van der Waals surface area contributed by atoms with E-state index in [0.717, 1.165) is 0 Å². The number of carbonyl (C=O) groups is 2. The van der Waals surface area contributed by atoms with Crippen molar-refractivity contribution in [1.29, 1.82) is 0 Å². The van der Waals surface area contributed by atoms with Crippen molar-refractivity contribution in [3.05, 3.63) is 39.9 Å². The van der Waals surface area contributed by atoms with Gasteiger partial charge < -0.3 is 9.47 Å². The van der Waals surface area contributed by atoms with Crippen molar-refractivity contribution >= 4 is 17.7 Å². The number of carbonyl (C=O) groups excluding carboxylic acids is 2. The highest BCUT2D eigenvalue weighted by atomic mass is 16.6. The lowest BCUT2D eigenvalue weighted by Gasteiger charge is -2.06. The Hall–Kier alpha value is -2.64. The van der Waals surface area contributed by atoms with E-state index in [1.54, 1.807) is 0 Å². The molecule has 1 aromatic rings. The molecule has 20 heavy (non-hydrogen) atoms. The summed E-state index contributed by atoms with van der Waals surface area (Å²) < 4.78 is 9.49. The van der Waals surface area contributed by atoms with Gasteiger partial charge in [-0.25, -0.2) is 9.59 Å². The van der Waals surface area contributed by atoms with E-state index in [9.17, 15) is 19.7 Å². The van der Waals surface area contributed by atoms with Crippen molar-refractivity contribution in [2.75, 3.05) is 13.7 Å². The fraction of sp³-hybridized carbons (Fsp3) is 0.333. The summed E-state index contributed by atoms with van der Waals surface area (Å²) in [5.41, 5.74) is 0.595. The zero-order chi connectivity index (χ0) is 14.7. The fourth-order valence-corrected chi connectivity index (χ4v) is 1.62. The second-order valence-electron chi connectivity index (χ2n) is 4.17. The molecule has 0 aliphatic carbocycles. The number of hydrogen-bond donors (Lipinski definition) is 0. The Labute approximate surface area is 114 Å². The molecule has 1 aromatic carbocycles. The van der Waals surface area contributed by atoms with Gasteiger partial charge in [-0.15, -0.1) is 0 Å². The summed E-state index contributed by atoms with van der Waals surface area (Å²) in [6, 6.07) is 5.11. The number of nitrogens with zero attached hydrogens (tertiary/aromatic N) is 2. The SMILES string of the molecule is COC(=O)C1CN1C(=O)OCc1ccc([N+](=O)[O-])cc1. The first kappa shape index (κ1) is 13.8. The van der Waals surface area contributed by atoms with E-state index in [4.69, 9.17) is 4.74 Å². The van der Waals surface area contributed by atoms with E-state index in [1.165, 1.54) is 36.3 Å². The van der Waals surface area contributed by atoms with Crippen molar-refractivity contribution < 1.29 is 24.0 Å². The van der Waals surface area contributed by atoms with Crippen LogP contribution in [0.15, 0.2) is 24.3 Å². The molecule has 0 bridgehead atoms. The summed E-state index contributed by atoms with van der Waals surface area (Å²) in [5, 5.41) is 10.5. The van der Waals surface area contributed by atoms with Gasteiger partial charge >= 0.3 is 12.1 Å². The lowest BCUT2D eigenvalue weighted by atomic mass is 10.2. The van der Waals surface area contributed by atoms with Crippen molar-refractivity contribution in [3.8, 4) is 0 Å². The van der Waals surface area contributed by atoms with Crippen LogP contribution in [-0.2, 0) is 20.9 Å². The Morgan fingerprint density at radius 1 is 1.40 bits per heavy atom. The van der Waals surface area contributed by atoms with Gasteiger partial charge in [0.25, 0.3) is 5.69 Å². The van der Waals surface area contributed by atoms with Crippen LogP contribution in [0.5, 0.6) is 0 Å². The number of non-ortho nitro benzene ring substituents is 1. The largest absolute Gasteiger partial charge is 0.467 e. The first-order chi connectivity index (χ1) is 9.52. The zero-order valence-electron chi connectivity index (χ0n) is 10.6. The minimum Gasteiger partial charge on any atom is -0.467 e. The molecule has 0 radical (unpaired) electrons. The molecule has 1 atom stereocenters. The van der Waals surface area contributed by atoms with Gasteiger partial charge in [0.2, 0.25) is 0 Å². The molecule has 1 aliphatic rings. The van der Waals surface area contributed by atoms with Gasteiger partial charge in [0.1, 0.15) is 6.61 Å². The van der Waals surface area contributed by atoms with E-state index in [-0.39, 0.29) is 18.8 Å². The lowest BCUT2D eigenvalue weighted by Crippen LogP contribution is -2.20. The Balaban J connectivity index is 1.82. The van der Waals surface area contributed by atoms with Crippen molar-refractivity contribution in [2.24, 2.45) is 0 Å². The fourth-order valence-electron chi connectivity index (χ4n) is 1.62. The number of nitro benzene ring substituents is 1. The third-order valence-corrected chi connectivity index (χ3v) is 2.83. The standard InChI is InChI=1S/C12H12N2O6/c1-19-11(15)10-6-13(10)12(16)20-7-8-2-4-9(5-3-8)14(17)18/h2-5,10H,6-7H2,1H3. The Bertz CT molecular complexity index is 541. The second-order valence-corrected chi connectivity index (χ2v) is 4.17. The summed E-state index contributed by atoms with van der Waals surface area (Å²) in [6.07, 6.45) is -0.612. The lowest BCUT2D eigenvalue weighted by molar-refractivity contribution is -0.384. The highest BCUT2D eigenvalue weighted by Gasteiger charge is 2.46. The third-order valence-electron chi connectivity index (χ3n) is 2.83. The van der Waals surface area contributed by atoms with Gasteiger partial charge in [-0.3, -0.25) is 15.0 Å². The number of nitro groups is 1. The van der Waals surface area contributed by atoms with Crippen LogP contribution in [0.2, 0.25) is 0 Å². The maximum absolute atomic E-state index is 11.6. The van der Waals surface area contributed by atoms with E-state index >= 15 is 0 Å². The number of rotatable bonds is 4. The number of amides is 1. The molecule has 1 amide bonds. The summed E-state index contributed by atoms with van der Waals surface area (Å²) in [4.78, 5) is 33.9. The topological polar surface area (TPSA) is 98.8 Å². The van der Waals surface area contributed by atoms with E-state index < -0.39 is 23.0 Å². The van der Waals surface area contributed by atoms with E-state index in [2.05, 4.69) is 4.74 Å². The van der Waals surface area contributed by atoms with Crippen LogP contribution in [0.3, 0.4) is 0 Å². The number of ether oxygens (including phenoxy) is 2. The van der Waals surface area contributed by atoms with Gasteiger partial charge in [-0.1, -0.05) is 0 Å². The van der Waals surface area contributed by atoms with E-state index in [0.29, 0.717) is 5.56 Å². The molecular weight excluding hydrogens is 268 g/mol. The molecule has 1 heterocycles. The minimum absolute atomic E-state index is 0.0127. The summed E-state index contributed by atoms with van der Waals surface area (Å²) in [6.45, 7) is 0.271. The molecule has 1 unspecified atom stereocenters. The maximum Gasteiger partial charge on any atom is 0.411 e. The molecule has 0 spiro atoms. The number of hydrogen-bond acceptors (Lipinski definition) is 6. The Morgan fingerprint density at radius 3 is 2.60 bits per heavy atom. The van der Waals surface area contributed by atoms with Crippen LogP contribution in [0, 0.1) is 10.1 Å². The quantitative estimate of drug-likeness (QED) is 0.354. The highest BCUT2D eigenvalue weighted by molar-refractivity contribution is 5.86. The number of methoxy groups -OCH3 is 1. The van der Waals surface area contributed by atoms with Gasteiger partial charge in [0, 0.05) is 12.1 Å². The minimum atomic E-state index is -0.612.